The average molecular weight is 572 g/mol. The Kier molecular flexibility index (Phi) is 6.90. The van der Waals surface area contributed by atoms with Crippen LogP contribution < -0.4 is 25.2 Å². The Bertz CT molecular complexity index is 1450. The maximum atomic E-state index is 13.7. The largest absolute Gasteiger partial charge is 0.370 e. The van der Waals surface area contributed by atoms with Crippen molar-refractivity contribution < 1.29 is 30.8 Å². The van der Waals surface area contributed by atoms with E-state index in [2.05, 4.69) is 14.8 Å². The van der Waals surface area contributed by atoms with Crippen molar-refractivity contribution in [2.45, 2.75) is 50.5 Å². The monoisotopic (exact) mass is 571 g/mol. The molecule has 1 saturated heterocycles. The summed E-state index contributed by atoms with van der Waals surface area (Å²) in [5, 5.41) is 2.56. The van der Waals surface area contributed by atoms with Crippen LogP contribution in [0.2, 0.25) is 0 Å². The zero-order valence-corrected chi connectivity index (χ0v) is 21.9. The maximum absolute atomic E-state index is 13.7. The minimum Gasteiger partial charge on any atom is -0.370 e. The number of halogens is 4. The molecular formula is C25H29F4N5O4S. The highest BCUT2D eigenvalue weighted by Gasteiger charge is 2.62. The van der Waals surface area contributed by atoms with Gasteiger partial charge in [-0.15, -0.1) is 0 Å². The van der Waals surface area contributed by atoms with Gasteiger partial charge in [-0.05, 0) is 55.5 Å². The number of benzene rings is 1. The van der Waals surface area contributed by atoms with Crippen LogP contribution in [-0.4, -0.2) is 51.4 Å². The van der Waals surface area contributed by atoms with Crippen LogP contribution in [0.15, 0.2) is 41.3 Å². The van der Waals surface area contributed by atoms with Gasteiger partial charge in [0.25, 0.3) is 21.7 Å². The molecule has 2 heterocycles. The molecule has 212 valence electrons. The molecule has 0 spiro atoms. The first kappa shape index (κ1) is 27.4. The van der Waals surface area contributed by atoms with Crippen molar-refractivity contribution in [3.05, 3.63) is 52.4 Å². The molecule has 3 aliphatic rings. The van der Waals surface area contributed by atoms with Gasteiger partial charge in [-0.2, -0.15) is 8.42 Å². The SMILES string of the molecule is CNS(=O)(=O)Nc1ccc(C(=O)Nc2cccn([C@@H]3CCC(F)(F)C3)c2=O)c(N2CC[C@]3(C(F)F)C[C@@H]3C2)c1. The molecule has 2 aromatic rings. The summed E-state index contributed by atoms with van der Waals surface area (Å²) in [6.07, 6.45) is -1.09. The predicted molar refractivity (Wildman–Crippen MR) is 138 cm³/mol. The number of amides is 1. The number of anilines is 3. The number of piperidine rings is 1. The highest BCUT2D eigenvalue weighted by atomic mass is 32.2. The number of hydrogen-bond acceptors (Lipinski definition) is 5. The summed E-state index contributed by atoms with van der Waals surface area (Å²) in [5.41, 5.74) is -1.15. The molecular weight excluding hydrogens is 542 g/mol. The Hall–Kier alpha value is -3.13. The molecule has 2 aliphatic carbocycles. The molecule has 9 nitrogen and oxygen atoms in total. The lowest BCUT2D eigenvalue weighted by Crippen LogP contribution is -2.38. The van der Waals surface area contributed by atoms with Gasteiger partial charge < -0.3 is 14.8 Å². The second kappa shape index (κ2) is 9.81. The van der Waals surface area contributed by atoms with Gasteiger partial charge in [0.05, 0.1) is 16.9 Å². The summed E-state index contributed by atoms with van der Waals surface area (Å²) < 4.78 is 84.4. The first-order chi connectivity index (χ1) is 18.3. The van der Waals surface area contributed by atoms with Crippen LogP contribution in [0.3, 0.4) is 0 Å². The number of nitrogens with zero attached hydrogens (tertiary/aromatic N) is 2. The number of carbonyl (C=O) groups excluding carboxylic acids is 1. The molecule has 3 N–H and O–H groups in total. The summed E-state index contributed by atoms with van der Waals surface area (Å²) in [7, 11) is -2.64. The van der Waals surface area contributed by atoms with Crippen LogP contribution in [0.5, 0.6) is 0 Å². The first-order valence-electron chi connectivity index (χ1n) is 12.6. The van der Waals surface area contributed by atoms with Crippen molar-refractivity contribution in [3.63, 3.8) is 0 Å². The summed E-state index contributed by atoms with van der Waals surface area (Å²) in [4.78, 5) is 28.2. The van der Waals surface area contributed by atoms with Crippen molar-refractivity contribution in [1.29, 1.82) is 0 Å². The Balaban J connectivity index is 1.43. The smallest absolute Gasteiger partial charge is 0.298 e. The van der Waals surface area contributed by atoms with Gasteiger partial charge >= 0.3 is 0 Å². The zero-order chi connectivity index (χ0) is 28.2. The van der Waals surface area contributed by atoms with E-state index < -0.39 is 51.9 Å². The molecule has 0 bridgehead atoms. The first-order valence-corrected chi connectivity index (χ1v) is 14.1. The van der Waals surface area contributed by atoms with E-state index in [1.54, 1.807) is 4.90 Å². The van der Waals surface area contributed by atoms with Gasteiger partial charge in [-0.1, -0.05) is 0 Å². The number of fused-ring (bicyclic) bond motifs is 1. The Morgan fingerprint density at radius 3 is 2.56 bits per heavy atom. The maximum Gasteiger partial charge on any atom is 0.298 e. The third kappa shape index (κ3) is 5.36. The Morgan fingerprint density at radius 2 is 1.92 bits per heavy atom. The van der Waals surface area contributed by atoms with Gasteiger partial charge in [-0.3, -0.25) is 14.3 Å². The highest BCUT2D eigenvalue weighted by molar-refractivity contribution is 7.90. The minimum absolute atomic E-state index is 0.0961. The molecule has 3 atom stereocenters. The number of aromatic nitrogens is 1. The van der Waals surface area contributed by atoms with Crippen LogP contribution in [-0.2, 0) is 10.2 Å². The molecule has 5 rings (SSSR count). The van der Waals surface area contributed by atoms with E-state index >= 15 is 0 Å². The number of carbonyl (C=O) groups is 1. The third-order valence-corrected chi connectivity index (χ3v) is 9.14. The molecule has 1 aliphatic heterocycles. The van der Waals surface area contributed by atoms with E-state index in [0.717, 1.165) is 0 Å². The summed E-state index contributed by atoms with van der Waals surface area (Å²) >= 11 is 0. The van der Waals surface area contributed by atoms with Crippen LogP contribution >= 0.6 is 0 Å². The lowest BCUT2D eigenvalue weighted by Gasteiger charge is -2.34. The van der Waals surface area contributed by atoms with Crippen molar-refractivity contribution in [2.24, 2.45) is 11.3 Å². The zero-order valence-electron chi connectivity index (χ0n) is 21.1. The number of rotatable bonds is 8. The lowest BCUT2D eigenvalue weighted by molar-refractivity contribution is 0.00550. The lowest BCUT2D eigenvalue weighted by atomic mass is 9.95. The van der Waals surface area contributed by atoms with Gasteiger partial charge in [-0.25, -0.2) is 22.3 Å². The fourth-order valence-electron chi connectivity index (χ4n) is 5.75. The minimum atomic E-state index is -3.87. The van der Waals surface area contributed by atoms with Gasteiger partial charge in [0.1, 0.15) is 5.69 Å². The third-order valence-electron chi connectivity index (χ3n) is 8.10. The number of pyridine rings is 1. The summed E-state index contributed by atoms with van der Waals surface area (Å²) in [6.45, 7) is 0.498. The molecule has 0 unspecified atom stereocenters. The molecule has 2 saturated carbocycles. The predicted octanol–water partition coefficient (Wildman–Crippen LogP) is 3.82. The van der Waals surface area contributed by atoms with Crippen LogP contribution in [0.1, 0.15) is 48.5 Å². The van der Waals surface area contributed by atoms with E-state index in [-0.39, 0.29) is 55.2 Å². The number of nitrogens with one attached hydrogen (secondary N) is 3. The molecule has 0 radical (unpaired) electrons. The molecule has 1 aromatic carbocycles. The highest BCUT2D eigenvalue weighted by Crippen LogP contribution is 2.61. The van der Waals surface area contributed by atoms with Crippen molar-refractivity contribution in [2.75, 3.05) is 35.1 Å². The molecule has 1 aromatic heterocycles. The second-order valence-electron chi connectivity index (χ2n) is 10.5. The van der Waals surface area contributed by atoms with E-state index in [0.29, 0.717) is 12.1 Å². The Morgan fingerprint density at radius 1 is 1.15 bits per heavy atom. The summed E-state index contributed by atoms with van der Waals surface area (Å²) in [5.74, 6) is -3.79. The number of hydrogen-bond donors (Lipinski definition) is 3. The van der Waals surface area contributed by atoms with Gasteiger partial charge in [0.15, 0.2) is 0 Å². The molecule has 39 heavy (non-hydrogen) atoms. The topological polar surface area (TPSA) is 113 Å². The van der Waals surface area contributed by atoms with E-state index in [4.69, 9.17) is 0 Å². The van der Waals surface area contributed by atoms with E-state index in [1.807, 2.05) is 0 Å². The van der Waals surface area contributed by atoms with Crippen LogP contribution in [0.25, 0.3) is 0 Å². The quantitative estimate of drug-likeness (QED) is 0.417. The van der Waals surface area contributed by atoms with Gasteiger partial charge in [0.2, 0.25) is 12.3 Å². The summed E-state index contributed by atoms with van der Waals surface area (Å²) in [6, 6.07) is 6.39. The van der Waals surface area contributed by atoms with Crippen molar-refractivity contribution >= 4 is 33.2 Å². The van der Waals surface area contributed by atoms with Gasteiger partial charge in [0, 0.05) is 50.6 Å². The fraction of sp³-hybridized carbons (Fsp3) is 0.520. The van der Waals surface area contributed by atoms with E-state index in [1.165, 1.54) is 48.1 Å². The molecule has 1 amide bonds. The average Bonchev–Trinajstić information content (AvgIpc) is 3.53. The fourth-order valence-corrected chi connectivity index (χ4v) is 6.29. The van der Waals surface area contributed by atoms with Crippen LogP contribution in [0, 0.1) is 11.3 Å². The van der Waals surface area contributed by atoms with Crippen molar-refractivity contribution in [1.82, 2.24) is 9.29 Å². The van der Waals surface area contributed by atoms with E-state index in [9.17, 15) is 35.6 Å². The van der Waals surface area contributed by atoms with Crippen LogP contribution in [0.4, 0.5) is 34.6 Å². The number of alkyl halides is 4. The van der Waals surface area contributed by atoms with Crippen molar-refractivity contribution in [3.8, 4) is 0 Å². The molecule has 14 heteroatoms. The standard InChI is InChI=1S/C25H29F4N5O4S/c1-30-39(37,38)32-16-4-5-18(20(11-16)33-10-8-24(23(26)27)12-15(24)14-33)21(35)31-19-3-2-9-34(22(19)36)17-6-7-25(28,29)13-17/h2-5,9,11,15,17,23,30,32H,6-8,10,12-14H2,1H3,(H,31,35)/t15-,17-,24+/m1/s1. The Labute approximate surface area is 222 Å². The molecule has 3 fully saturated rings. The normalized spacial score (nSPS) is 25.8. The second-order valence-corrected chi connectivity index (χ2v) is 12.1.